The Hall–Kier alpha value is -1.53. The normalized spacial score (nSPS) is 22.7. The van der Waals surface area contributed by atoms with E-state index in [1.54, 1.807) is 12.1 Å². The van der Waals surface area contributed by atoms with E-state index in [0.717, 1.165) is 18.4 Å². The van der Waals surface area contributed by atoms with Gasteiger partial charge in [-0.1, -0.05) is 29.4 Å². The number of hydrogen-bond donors (Lipinski definition) is 2. The molecule has 1 aromatic rings. The number of rotatable bonds is 4. The summed E-state index contributed by atoms with van der Waals surface area (Å²) in [4.78, 5) is 28.3. The Kier molecular flexibility index (Phi) is 4.40. The van der Waals surface area contributed by atoms with Gasteiger partial charge in [0.25, 0.3) is 0 Å². The van der Waals surface area contributed by atoms with E-state index < -0.39 is 5.25 Å². The molecule has 2 aliphatic rings. The van der Waals surface area contributed by atoms with Crippen LogP contribution in [0.15, 0.2) is 23.2 Å². The SMILES string of the molecule is Cc1ccc(NC(=O)C[C@H]2SC(=NC3CC3)NC2=O)cc1Cl. The first kappa shape index (κ1) is 15.4. The van der Waals surface area contributed by atoms with E-state index >= 15 is 0 Å². The molecule has 0 aromatic heterocycles. The van der Waals surface area contributed by atoms with Crippen LogP contribution in [-0.4, -0.2) is 28.3 Å². The zero-order valence-electron chi connectivity index (χ0n) is 12.1. The molecule has 0 bridgehead atoms. The quantitative estimate of drug-likeness (QED) is 0.887. The topological polar surface area (TPSA) is 70.6 Å². The van der Waals surface area contributed by atoms with Gasteiger partial charge in [-0.2, -0.15) is 0 Å². The van der Waals surface area contributed by atoms with E-state index in [9.17, 15) is 9.59 Å². The molecule has 3 rings (SSSR count). The summed E-state index contributed by atoms with van der Waals surface area (Å²) in [6, 6.07) is 5.69. The van der Waals surface area contributed by atoms with Crippen molar-refractivity contribution in [1.29, 1.82) is 0 Å². The molecule has 1 aliphatic carbocycles. The predicted octanol–water partition coefficient (Wildman–Crippen LogP) is 2.73. The summed E-state index contributed by atoms with van der Waals surface area (Å²) in [6.07, 6.45) is 2.28. The second kappa shape index (κ2) is 6.30. The van der Waals surface area contributed by atoms with Gasteiger partial charge in [0.1, 0.15) is 5.25 Å². The maximum absolute atomic E-state index is 12.1. The number of halogens is 1. The van der Waals surface area contributed by atoms with Gasteiger partial charge in [-0.25, -0.2) is 0 Å². The van der Waals surface area contributed by atoms with E-state index in [1.807, 2.05) is 13.0 Å². The van der Waals surface area contributed by atoms with Crippen LogP contribution in [0.2, 0.25) is 5.02 Å². The molecule has 0 unspecified atom stereocenters. The maximum atomic E-state index is 12.1. The van der Waals surface area contributed by atoms with Gasteiger partial charge in [0.05, 0.1) is 6.04 Å². The van der Waals surface area contributed by atoms with Crippen LogP contribution in [0.3, 0.4) is 0 Å². The molecule has 5 nitrogen and oxygen atoms in total. The van der Waals surface area contributed by atoms with Crippen molar-refractivity contribution in [3.05, 3.63) is 28.8 Å². The highest BCUT2D eigenvalue weighted by Crippen LogP contribution is 2.29. The van der Waals surface area contributed by atoms with Crippen LogP contribution in [0.1, 0.15) is 24.8 Å². The van der Waals surface area contributed by atoms with Crippen molar-refractivity contribution in [2.45, 2.75) is 37.5 Å². The molecule has 1 atom stereocenters. The Morgan fingerprint density at radius 3 is 2.95 bits per heavy atom. The molecule has 0 spiro atoms. The van der Waals surface area contributed by atoms with Crippen molar-refractivity contribution in [3.8, 4) is 0 Å². The van der Waals surface area contributed by atoms with E-state index in [-0.39, 0.29) is 18.2 Å². The maximum Gasteiger partial charge on any atom is 0.240 e. The van der Waals surface area contributed by atoms with Gasteiger partial charge in [0.15, 0.2) is 5.17 Å². The number of amidine groups is 1. The number of nitrogens with one attached hydrogen (secondary N) is 2. The molecule has 7 heteroatoms. The smallest absolute Gasteiger partial charge is 0.240 e. The Bertz CT molecular complexity index is 658. The van der Waals surface area contributed by atoms with Crippen LogP contribution in [0.4, 0.5) is 5.69 Å². The summed E-state index contributed by atoms with van der Waals surface area (Å²) in [6.45, 7) is 1.90. The molecule has 0 radical (unpaired) electrons. The Labute approximate surface area is 137 Å². The van der Waals surface area contributed by atoms with Crippen molar-refractivity contribution >= 4 is 46.0 Å². The highest BCUT2D eigenvalue weighted by Gasteiger charge is 2.33. The van der Waals surface area contributed by atoms with Crippen LogP contribution < -0.4 is 10.6 Å². The molecule has 116 valence electrons. The van der Waals surface area contributed by atoms with E-state index in [4.69, 9.17) is 11.6 Å². The lowest BCUT2D eigenvalue weighted by Gasteiger charge is -2.08. The lowest BCUT2D eigenvalue weighted by molar-refractivity contribution is -0.122. The van der Waals surface area contributed by atoms with Gasteiger partial charge in [-0.3, -0.25) is 14.6 Å². The van der Waals surface area contributed by atoms with Crippen molar-refractivity contribution in [2.75, 3.05) is 5.32 Å². The van der Waals surface area contributed by atoms with Crippen LogP contribution in [-0.2, 0) is 9.59 Å². The van der Waals surface area contributed by atoms with Crippen LogP contribution >= 0.6 is 23.4 Å². The number of amides is 2. The summed E-state index contributed by atoms with van der Waals surface area (Å²) in [5, 5.41) is 6.33. The molecule has 1 saturated heterocycles. The summed E-state index contributed by atoms with van der Waals surface area (Å²) >= 11 is 7.36. The molecule has 2 fully saturated rings. The Morgan fingerprint density at radius 1 is 1.50 bits per heavy atom. The predicted molar refractivity (Wildman–Crippen MR) is 89.4 cm³/mol. The summed E-state index contributed by atoms with van der Waals surface area (Å²) in [5.41, 5.74) is 1.59. The molecule has 22 heavy (non-hydrogen) atoms. The number of nitrogens with zero attached hydrogens (tertiary/aromatic N) is 1. The first-order chi connectivity index (χ1) is 10.5. The fourth-order valence-corrected chi connectivity index (χ4v) is 3.24. The van der Waals surface area contributed by atoms with E-state index in [1.165, 1.54) is 11.8 Å². The largest absolute Gasteiger partial charge is 0.326 e. The molecule has 2 N–H and O–H groups in total. The third-order valence-electron chi connectivity index (χ3n) is 3.45. The highest BCUT2D eigenvalue weighted by molar-refractivity contribution is 8.15. The Morgan fingerprint density at radius 2 is 2.27 bits per heavy atom. The van der Waals surface area contributed by atoms with Crippen molar-refractivity contribution < 1.29 is 9.59 Å². The summed E-state index contributed by atoms with van der Waals surface area (Å²) in [5.74, 6) is -0.360. The van der Waals surface area contributed by atoms with Gasteiger partial charge in [-0.15, -0.1) is 0 Å². The molecule has 1 heterocycles. The van der Waals surface area contributed by atoms with Crippen molar-refractivity contribution in [2.24, 2.45) is 4.99 Å². The van der Waals surface area contributed by atoms with Gasteiger partial charge in [-0.05, 0) is 37.5 Å². The number of benzene rings is 1. The number of aliphatic imine (C=N–C) groups is 1. The fraction of sp³-hybridized carbons (Fsp3) is 0.400. The van der Waals surface area contributed by atoms with Crippen LogP contribution in [0.5, 0.6) is 0 Å². The third-order valence-corrected chi connectivity index (χ3v) is 4.95. The van der Waals surface area contributed by atoms with Crippen LogP contribution in [0, 0.1) is 6.92 Å². The molecule has 1 aliphatic heterocycles. The van der Waals surface area contributed by atoms with Gasteiger partial charge in [0, 0.05) is 17.1 Å². The fourth-order valence-electron chi connectivity index (χ4n) is 2.02. The lowest BCUT2D eigenvalue weighted by Crippen LogP contribution is -2.28. The number of hydrogen-bond acceptors (Lipinski definition) is 4. The van der Waals surface area contributed by atoms with Crippen molar-refractivity contribution in [3.63, 3.8) is 0 Å². The van der Waals surface area contributed by atoms with Gasteiger partial charge >= 0.3 is 0 Å². The average Bonchev–Trinajstić information content (AvgIpc) is 3.19. The highest BCUT2D eigenvalue weighted by atomic mass is 35.5. The minimum absolute atomic E-state index is 0.117. The van der Waals surface area contributed by atoms with Gasteiger partial charge in [0.2, 0.25) is 11.8 Å². The third kappa shape index (κ3) is 3.81. The monoisotopic (exact) mass is 337 g/mol. The molecular formula is C15H16ClN3O2S. The average molecular weight is 338 g/mol. The second-order valence-corrected chi connectivity index (χ2v) is 7.08. The minimum atomic E-state index is -0.418. The van der Waals surface area contributed by atoms with Crippen molar-refractivity contribution in [1.82, 2.24) is 5.32 Å². The molecule has 2 amide bonds. The minimum Gasteiger partial charge on any atom is -0.326 e. The second-order valence-electron chi connectivity index (χ2n) is 5.48. The number of thioether (sulfide) groups is 1. The van der Waals surface area contributed by atoms with Gasteiger partial charge < -0.3 is 10.6 Å². The molecule has 1 aromatic carbocycles. The van der Waals surface area contributed by atoms with E-state index in [0.29, 0.717) is 21.9 Å². The first-order valence-corrected chi connectivity index (χ1v) is 8.38. The Balaban J connectivity index is 1.57. The van der Waals surface area contributed by atoms with E-state index in [2.05, 4.69) is 15.6 Å². The lowest BCUT2D eigenvalue weighted by atomic mass is 10.2. The zero-order chi connectivity index (χ0) is 15.7. The summed E-state index contributed by atoms with van der Waals surface area (Å²) < 4.78 is 0. The number of carbonyl (C=O) groups excluding carboxylic acids is 2. The molecule has 1 saturated carbocycles. The number of aryl methyl sites for hydroxylation is 1. The first-order valence-electron chi connectivity index (χ1n) is 7.12. The standard InChI is InChI=1S/C15H16ClN3O2S/c1-8-2-3-10(6-11(8)16)17-13(20)7-12-14(21)19-15(22-12)18-9-4-5-9/h2-3,6,9,12H,4-5,7H2,1H3,(H,17,20)(H,18,19,21)/t12-/m1/s1. The number of anilines is 1. The molecular weight excluding hydrogens is 322 g/mol. The zero-order valence-corrected chi connectivity index (χ0v) is 13.6. The van der Waals surface area contributed by atoms with Crippen LogP contribution in [0.25, 0.3) is 0 Å². The number of carbonyl (C=O) groups is 2. The summed E-state index contributed by atoms with van der Waals surface area (Å²) in [7, 11) is 0.